The zero-order valence-corrected chi connectivity index (χ0v) is 20.9. The van der Waals surface area contributed by atoms with E-state index in [0.717, 1.165) is 14.5 Å². The van der Waals surface area contributed by atoms with Crippen LogP contribution in [-0.4, -0.2) is 28.7 Å². The number of rotatable bonds is 6. The van der Waals surface area contributed by atoms with Crippen LogP contribution < -0.4 is 15.0 Å². The lowest BCUT2D eigenvalue weighted by Gasteiger charge is -2.26. The number of nitrogens with one attached hydrogen (secondary N) is 1. The van der Waals surface area contributed by atoms with Crippen molar-refractivity contribution in [2.24, 2.45) is 0 Å². The van der Waals surface area contributed by atoms with E-state index in [1.54, 1.807) is 42.5 Å². The van der Waals surface area contributed by atoms with E-state index in [9.17, 15) is 29.3 Å². The van der Waals surface area contributed by atoms with Crippen molar-refractivity contribution in [3.05, 3.63) is 109 Å². The molecule has 0 unspecified atom stereocenters. The van der Waals surface area contributed by atoms with Crippen LogP contribution >= 0.6 is 22.6 Å². The number of nitrogens with zero attached hydrogens (tertiary/aromatic N) is 2. The highest BCUT2D eigenvalue weighted by Gasteiger charge is 2.37. The third-order valence-electron chi connectivity index (χ3n) is 5.11. The predicted molar refractivity (Wildman–Crippen MR) is 142 cm³/mol. The molecule has 1 aliphatic rings. The monoisotopic (exact) mass is 609 g/mol. The van der Waals surface area contributed by atoms with Gasteiger partial charge in [-0.15, -0.1) is 0 Å². The summed E-state index contributed by atoms with van der Waals surface area (Å²) < 4.78 is 6.27. The summed E-state index contributed by atoms with van der Waals surface area (Å²) >= 11 is 2.08. The van der Waals surface area contributed by atoms with Crippen molar-refractivity contribution in [3.8, 4) is 5.75 Å². The summed E-state index contributed by atoms with van der Waals surface area (Å²) in [5, 5.41) is 13.1. The van der Waals surface area contributed by atoms with Crippen LogP contribution in [0.3, 0.4) is 0 Å². The number of imide groups is 2. The Hall–Kier alpha value is -4.65. The van der Waals surface area contributed by atoms with Gasteiger partial charge in [-0.25, -0.2) is 14.5 Å². The SMILES string of the molecule is O=C(/C=C/c1cccc([N+](=O)[O-])c1)Oc1ccccc1/C=C1/C(=O)NC(=O)N(c2ccc(I)cc2)C1=O. The molecule has 1 heterocycles. The number of esters is 1. The third-order valence-corrected chi connectivity index (χ3v) is 5.83. The number of hydrogen-bond acceptors (Lipinski definition) is 7. The second kappa shape index (κ2) is 11.0. The van der Waals surface area contributed by atoms with Gasteiger partial charge in [0, 0.05) is 27.3 Å². The van der Waals surface area contributed by atoms with Crippen LogP contribution in [0.25, 0.3) is 12.2 Å². The molecule has 3 aromatic carbocycles. The maximum absolute atomic E-state index is 13.1. The molecule has 1 N–H and O–H groups in total. The van der Waals surface area contributed by atoms with Gasteiger partial charge in [0.25, 0.3) is 17.5 Å². The molecule has 4 amide bonds. The Balaban J connectivity index is 1.58. The number of ether oxygens (including phenoxy) is 1. The Morgan fingerprint density at radius 3 is 2.46 bits per heavy atom. The van der Waals surface area contributed by atoms with E-state index in [1.807, 2.05) is 0 Å². The van der Waals surface area contributed by atoms with Gasteiger partial charge in [0.2, 0.25) is 0 Å². The number of nitro groups is 1. The van der Waals surface area contributed by atoms with Crippen LogP contribution in [0.5, 0.6) is 5.75 Å². The highest BCUT2D eigenvalue weighted by molar-refractivity contribution is 14.1. The fraction of sp³-hybridized carbons (Fsp3) is 0. The van der Waals surface area contributed by atoms with Gasteiger partial charge in [-0.2, -0.15) is 0 Å². The average Bonchev–Trinajstić information content (AvgIpc) is 2.87. The second-order valence-corrected chi connectivity index (χ2v) is 8.82. The van der Waals surface area contributed by atoms with Crippen molar-refractivity contribution < 1.29 is 28.8 Å². The smallest absolute Gasteiger partial charge is 0.336 e. The topological polar surface area (TPSA) is 136 Å². The van der Waals surface area contributed by atoms with Crippen LogP contribution in [0.4, 0.5) is 16.2 Å². The average molecular weight is 609 g/mol. The van der Waals surface area contributed by atoms with Crippen molar-refractivity contribution in [2.75, 3.05) is 4.90 Å². The van der Waals surface area contributed by atoms with Gasteiger partial charge in [-0.1, -0.05) is 30.3 Å². The molecule has 0 atom stereocenters. The molecule has 0 saturated carbocycles. The predicted octanol–water partition coefficient (Wildman–Crippen LogP) is 4.48. The fourth-order valence-corrected chi connectivity index (χ4v) is 3.74. The van der Waals surface area contributed by atoms with E-state index in [1.165, 1.54) is 42.5 Å². The van der Waals surface area contributed by atoms with Gasteiger partial charge in [0.05, 0.1) is 10.6 Å². The van der Waals surface area contributed by atoms with Gasteiger partial charge in [-0.05, 0) is 70.6 Å². The Morgan fingerprint density at radius 2 is 1.73 bits per heavy atom. The van der Waals surface area contributed by atoms with Crippen LogP contribution in [0, 0.1) is 13.7 Å². The van der Waals surface area contributed by atoms with E-state index in [4.69, 9.17) is 4.74 Å². The normalized spacial score (nSPS) is 14.7. The lowest BCUT2D eigenvalue weighted by Crippen LogP contribution is -2.54. The number of anilines is 1. The quantitative estimate of drug-likeness (QED) is 0.0828. The van der Waals surface area contributed by atoms with Gasteiger partial charge in [0.1, 0.15) is 11.3 Å². The molecule has 1 fully saturated rings. The van der Waals surface area contributed by atoms with Crippen LogP contribution in [0.2, 0.25) is 0 Å². The van der Waals surface area contributed by atoms with Gasteiger partial charge >= 0.3 is 12.0 Å². The lowest BCUT2D eigenvalue weighted by atomic mass is 10.1. The number of nitro benzene ring substituents is 1. The molecular formula is C26H16IN3O7. The number of barbiturate groups is 1. The standard InChI is InChI=1S/C26H16IN3O7/c27-18-9-11-19(12-10-18)29-25(33)21(24(32)28-26(29)34)15-17-5-1-2-7-22(17)37-23(31)13-8-16-4-3-6-20(14-16)30(35)36/h1-15H,(H,28,32,34)/b13-8+,21-15-. The Morgan fingerprint density at radius 1 is 1.00 bits per heavy atom. The summed E-state index contributed by atoms with van der Waals surface area (Å²) in [6.07, 6.45) is 3.69. The van der Waals surface area contributed by atoms with Crippen LogP contribution in [-0.2, 0) is 14.4 Å². The van der Waals surface area contributed by atoms with Crippen molar-refractivity contribution >= 4 is 69.9 Å². The number of carbonyl (C=O) groups is 4. The minimum absolute atomic E-state index is 0.0574. The van der Waals surface area contributed by atoms with Crippen molar-refractivity contribution in [1.82, 2.24) is 5.32 Å². The van der Waals surface area contributed by atoms with Crippen molar-refractivity contribution in [3.63, 3.8) is 0 Å². The lowest BCUT2D eigenvalue weighted by molar-refractivity contribution is -0.384. The van der Waals surface area contributed by atoms with Crippen molar-refractivity contribution in [1.29, 1.82) is 0 Å². The maximum atomic E-state index is 13.1. The molecule has 4 rings (SSSR count). The molecular weight excluding hydrogens is 593 g/mol. The number of carbonyl (C=O) groups excluding carboxylic acids is 4. The number of non-ortho nitro benzene ring substituents is 1. The highest BCUT2D eigenvalue weighted by Crippen LogP contribution is 2.26. The van der Waals surface area contributed by atoms with Crippen LogP contribution in [0.1, 0.15) is 11.1 Å². The molecule has 184 valence electrons. The minimum Gasteiger partial charge on any atom is -0.423 e. The molecule has 0 spiro atoms. The number of benzene rings is 3. The summed E-state index contributed by atoms with van der Waals surface area (Å²) in [6, 6.07) is 17.6. The van der Waals surface area contributed by atoms with E-state index >= 15 is 0 Å². The summed E-state index contributed by atoms with van der Waals surface area (Å²) in [7, 11) is 0. The number of hydrogen-bond donors (Lipinski definition) is 1. The van der Waals surface area contributed by atoms with E-state index in [2.05, 4.69) is 27.9 Å². The summed E-state index contributed by atoms with van der Waals surface area (Å²) in [4.78, 5) is 61.6. The first-order valence-electron chi connectivity index (χ1n) is 10.6. The molecule has 0 aliphatic carbocycles. The second-order valence-electron chi connectivity index (χ2n) is 7.58. The van der Waals surface area contributed by atoms with Crippen molar-refractivity contribution in [2.45, 2.75) is 0 Å². The molecule has 11 heteroatoms. The number of halogens is 1. The Kier molecular flexibility index (Phi) is 7.53. The number of para-hydroxylation sites is 1. The summed E-state index contributed by atoms with van der Waals surface area (Å²) in [5.74, 6) is -2.44. The van der Waals surface area contributed by atoms with Gasteiger partial charge < -0.3 is 4.74 Å². The van der Waals surface area contributed by atoms with E-state index in [-0.39, 0.29) is 28.3 Å². The zero-order valence-electron chi connectivity index (χ0n) is 18.8. The largest absolute Gasteiger partial charge is 0.423 e. The Labute approximate surface area is 223 Å². The molecule has 10 nitrogen and oxygen atoms in total. The highest BCUT2D eigenvalue weighted by atomic mass is 127. The van der Waals surface area contributed by atoms with Crippen LogP contribution in [0.15, 0.2) is 84.4 Å². The Bertz CT molecular complexity index is 1500. The fourth-order valence-electron chi connectivity index (χ4n) is 3.38. The van der Waals surface area contributed by atoms with E-state index < -0.39 is 28.7 Å². The third kappa shape index (κ3) is 5.95. The molecule has 0 aromatic heterocycles. The summed E-state index contributed by atoms with van der Waals surface area (Å²) in [5.41, 5.74) is 0.503. The van der Waals surface area contributed by atoms with Gasteiger partial charge in [-0.3, -0.25) is 25.0 Å². The molecule has 37 heavy (non-hydrogen) atoms. The summed E-state index contributed by atoms with van der Waals surface area (Å²) in [6.45, 7) is 0. The number of amides is 4. The number of urea groups is 1. The molecule has 1 saturated heterocycles. The van der Waals surface area contributed by atoms with Gasteiger partial charge in [0.15, 0.2) is 0 Å². The maximum Gasteiger partial charge on any atom is 0.336 e. The molecule has 3 aromatic rings. The molecule has 0 bridgehead atoms. The molecule has 1 aliphatic heterocycles. The first kappa shape index (κ1) is 25.4. The minimum atomic E-state index is -0.886. The molecule has 0 radical (unpaired) electrons. The first-order valence-corrected chi connectivity index (χ1v) is 11.7. The first-order chi connectivity index (χ1) is 17.7. The zero-order chi connectivity index (χ0) is 26.5. The van der Waals surface area contributed by atoms with E-state index in [0.29, 0.717) is 5.56 Å².